The third-order valence-corrected chi connectivity index (χ3v) is 6.37. The Morgan fingerprint density at radius 1 is 1.08 bits per heavy atom. The molecular formula is C18H13NO5S2. The van der Waals surface area contributed by atoms with Gasteiger partial charge in [0.25, 0.3) is 10.0 Å². The largest absolute Gasteiger partial charge is 0.465 e. The molecule has 0 amide bonds. The number of thiophene rings is 1. The zero-order valence-corrected chi connectivity index (χ0v) is 15.2. The Labute approximate surface area is 153 Å². The second kappa shape index (κ2) is 6.15. The van der Waals surface area contributed by atoms with Crippen molar-refractivity contribution in [1.29, 1.82) is 0 Å². The molecule has 4 aromatic rings. The van der Waals surface area contributed by atoms with Crippen LogP contribution in [0.15, 0.2) is 63.2 Å². The van der Waals surface area contributed by atoms with Crippen LogP contribution in [0.2, 0.25) is 0 Å². The topological polar surface area (TPSA) is 85.6 Å². The average molecular weight is 387 g/mol. The van der Waals surface area contributed by atoms with Crippen molar-refractivity contribution < 1.29 is 22.4 Å². The van der Waals surface area contributed by atoms with Crippen LogP contribution in [-0.2, 0) is 14.8 Å². The first kappa shape index (κ1) is 16.6. The minimum Gasteiger partial charge on any atom is -0.465 e. The fourth-order valence-corrected chi connectivity index (χ4v) is 5.14. The van der Waals surface area contributed by atoms with E-state index in [4.69, 9.17) is 4.42 Å². The van der Waals surface area contributed by atoms with Crippen LogP contribution in [0.4, 0.5) is 5.69 Å². The Morgan fingerprint density at radius 3 is 2.65 bits per heavy atom. The molecule has 2 aromatic carbocycles. The number of benzene rings is 2. The Kier molecular flexibility index (Phi) is 3.93. The highest BCUT2D eigenvalue weighted by atomic mass is 32.2. The third-order valence-electron chi connectivity index (χ3n) is 3.92. The van der Waals surface area contributed by atoms with E-state index in [-0.39, 0.29) is 9.77 Å². The quantitative estimate of drug-likeness (QED) is 0.530. The molecule has 132 valence electrons. The number of furan rings is 1. The fraction of sp³-hybridized carbons (Fsp3) is 0.0556. The van der Waals surface area contributed by atoms with Crippen LogP contribution in [0.5, 0.6) is 0 Å². The van der Waals surface area contributed by atoms with Gasteiger partial charge in [0, 0.05) is 16.5 Å². The van der Waals surface area contributed by atoms with E-state index in [1.165, 1.54) is 18.6 Å². The minimum atomic E-state index is -3.93. The number of anilines is 1. The average Bonchev–Trinajstić information content (AvgIpc) is 3.26. The number of carbonyl (C=O) groups excluding carboxylic acids is 1. The van der Waals surface area contributed by atoms with Gasteiger partial charge in [0.1, 0.15) is 20.9 Å². The number of sulfonamides is 1. The molecule has 0 atom stereocenters. The highest BCUT2D eigenvalue weighted by Gasteiger charge is 2.25. The third kappa shape index (κ3) is 2.73. The molecule has 0 saturated heterocycles. The molecule has 1 N–H and O–H groups in total. The summed E-state index contributed by atoms with van der Waals surface area (Å²) in [6.45, 7) is 0. The molecule has 0 aliphatic rings. The van der Waals surface area contributed by atoms with E-state index in [1.54, 1.807) is 18.2 Å². The molecule has 0 spiro atoms. The number of esters is 1. The number of hydrogen-bond donors (Lipinski definition) is 1. The van der Waals surface area contributed by atoms with Crippen LogP contribution in [0.25, 0.3) is 21.9 Å². The number of para-hydroxylation sites is 1. The highest BCUT2D eigenvalue weighted by molar-refractivity contribution is 7.93. The maximum Gasteiger partial charge on any atom is 0.349 e. The van der Waals surface area contributed by atoms with Crippen molar-refractivity contribution in [2.24, 2.45) is 0 Å². The number of rotatable bonds is 4. The number of ether oxygens (including phenoxy) is 1. The van der Waals surface area contributed by atoms with Gasteiger partial charge < -0.3 is 9.15 Å². The van der Waals surface area contributed by atoms with Gasteiger partial charge in [-0.3, -0.25) is 4.72 Å². The summed E-state index contributed by atoms with van der Waals surface area (Å²) < 4.78 is 38.3. The van der Waals surface area contributed by atoms with Crippen LogP contribution < -0.4 is 4.72 Å². The SMILES string of the molecule is COC(=O)c1sccc1S(=O)(=O)Nc1ccc2oc3ccccc3c2c1. The summed E-state index contributed by atoms with van der Waals surface area (Å²) in [6, 6.07) is 13.9. The maximum atomic E-state index is 12.7. The van der Waals surface area contributed by atoms with Crippen molar-refractivity contribution >= 4 is 55.0 Å². The molecule has 0 radical (unpaired) electrons. The van der Waals surface area contributed by atoms with Crippen molar-refractivity contribution in [3.63, 3.8) is 0 Å². The smallest absolute Gasteiger partial charge is 0.349 e. The van der Waals surface area contributed by atoms with E-state index in [0.29, 0.717) is 11.3 Å². The summed E-state index contributed by atoms with van der Waals surface area (Å²) in [6.07, 6.45) is 0. The van der Waals surface area contributed by atoms with Gasteiger partial charge in [-0.2, -0.15) is 0 Å². The molecule has 0 saturated carbocycles. The zero-order valence-electron chi connectivity index (χ0n) is 13.6. The number of hydrogen-bond acceptors (Lipinski definition) is 6. The summed E-state index contributed by atoms with van der Waals surface area (Å²) in [5.41, 5.74) is 1.78. The van der Waals surface area contributed by atoms with Gasteiger partial charge in [-0.1, -0.05) is 18.2 Å². The lowest BCUT2D eigenvalue weighted by Gasteiger charge is -2.08. The van der Waals surface area contributed by atoms with Crippen LogP contribution >= 0.6 is 11.3 Å². The molecule has 0 bridgehead atoms. The van der Waals surface area contributed by atoms with E-state index in [9.17, 15) is 13.2 Å². The van der Waals surface area contributed by atoms with Crippen molar-refractivity contribution in [3.05, 3.63) is 58.8 Å². The van der Waals surface area contributed by atoms with Crippen LogP contribution in [0, 0.1) is 0 Å². The molecule has 2 heterocycles. The monoisotopic (exact) mass is 387 g/mol. The van der Waals surface area contributed by atoms with Gasteiger partial charge in [0.2, 0.25) is 0 Å². The first-order valence-electron chi connectivity index (χ1n) is 7.59. The molecular weight excluding hydrogens is 374 g/mol. The molecule has 4 rings (SSSR count). The normalized spacial score (nSPS) is 11.7. The lowest BCUT2D eigenvalue weighted by atomic mass is 10.1. The van der Waals surface area contributed by atoms with Crippen LogP contribution in [-0.4, -0.2) is 21.5 Å². The van der Waals surface area contributed by atoms with Gasteiger partial charge in [-0.15, -0.1) is 11.3 Å². The number of nitrogens with one attached hydrogen (secondary N) is 1. The van der Waals surface area contributed by atoms with E-state index >= 15 is 0 Å². The molecule has 6 nitrogen and oxygen atoms in total. The Morgan fingerprint density at radius 2 is 1.85 bits per heavy atom. The van der Waals surface area contributed by atoms with Crippen molar-refractivity contribution in [3.8, 4) is 0 Å². The second-order valence-corrected chi connectivity index (χ2v) is 8.09. The van der Waals surface area contributed by atoms with Gasteiger partial charge >= 0.3 is 5.97 Å². The Bertz CT molecular complexity index is 1240. The number of methoxy groups -OCH3 is 1. The predicted octanol–water partition coefficient (Wildman–Crippen LogP) is 4.23. The summed E-state index contributed by atoms with van der Waals surface area (Å²) in [4.78, 5) is 11.7. The molecule has 0 fully saturated rings. The van der Waals surface area contributed by atoms with Gasteiger partial charge in [0.05, 0.1) is 7.11 Å². The van der Waals surface area contributed by atoms with Crippen LogP contribution in [0.3, 0.4) is 0 Å². The van der Waals surface area contributed by atoms with E-state index in [1.807, 2.05) is 24.3 Å². The summed E-state index contributed by atoms with van der Waals surface area (Å²) in [7, 11) is -2.72. The van der Waals surface area contributed by atoms with Gasteiger partial charge in [-0.05, 0) is 35.7 Å². The van der Waals surface area contributed by atoms with Crippen molar-refractivity contribution in [1.82, 2.24) is 0 Å². The first-order chi connectivity index (χ1) is 12.5. The predicted molar refractivity (Wildman–Crippen MR) is 100 cm³/mol. The summed E-state index contributed by atoms with van der Waals surface area (Å²) in [5.74, 6) is -0.684. The maximum absolute atomic E-state index is 12.7. The lowest BCUT2D eigenvalue weighted by Crippen LogP contribution is -2.15. The summed E-state index contributed by atoms with van der Waals surface area (Å²) >= 11 is 1.02. The van der Waals surface area contributed by atoms with Gasteiger partial charge in [-0.25, -0.2) is 13.2 Å². The molecule has 0 unspecified atom stereocenters. The molecule has 0 aliphatic heterocycles. The lowest BCUT2D eigenvalue weighted by molar-refractivity contribution is 0.0602. The van der Waals surface area contributed by atoms with E-state index < -0.39 is 16.0 Å². The fourth-order valence-electron chi connectivity index (χ4n) is 2.75. The zero-order chi connectivity index (χ0) is 18.3. The Hall–Kier alpha value is -2.84. The molecule has 0 aliphatic carbocycles. The molecule has 8 heteroatoms. The second-order valence-electron chi connectivity index (χ2n) is 5.52. The van der Waals surface area contributed by atoms with E-state index in [2.05, 4.69) is 9.46 Å². The minimum absolute atomic E-state index is 0.0369. The molecule has 26 heavy (non-hydrogen) atoms. The van der Waals surface area contributed by atoms with Crippen molar-refractivity contribution in [2.75, 3.05) is 11.8 Å². The first-order valence-corrected chi connectivity index (χ1v) is 9.96. The van der Waals surface area contributed by atoms with Gasteiger partial charge in [0.15, 0.2) is 0 Å². The standard InChI is InChI=1S/C18H13NO5S2/c1-23-18(20)17-16(8-9-25-17)26(21,22)19-11-6-7-15-13(10-11)12-4-2-3-5-14(12)24-15/h2-10,19H,1H3. The molecule has 2 aromatic heterocycles. The summed E-state index contributed by atoms with van der Waals surface area (Å²) in [5, 5.41) is 3.24. The number of carbonyl (C=O) groups is 1. The van der Waals surface area contributed by atoms with Crippen LogP contribution in [0.1, 0.15) is 9.67 Å². The highest BCUT2D eigenvalue weighted by Crippen LogP contribution is 2.32. The van der Waals surface area contributed by atoms with Crippen molar-refractivity contribution in [2.45, 2.75) is 4.90 Å². The number of fused-ring (bicyclic) bond motifs is 3. The Balaban J connectivity index is 1.76. The van der Waals surface area contributed by atoms with E-state index in [0.717, 1.165) is 27.7 Å².